The number of amides is 1. The molecule has 0 aromatic heterocycles. The summed E-state index contributed by atoms with van der Waals surface area (Å²) in [6, 6.07) is 11.2. The van der Waals surface area contributed by atoms with Crippen molar-refractivity contribution in [1.29, 1.82) is 0 Å². The first-order valence-corrected chi connectivity index (χ1v) is 9.34. The van der Waals surface area contributed by atoms with Crippen molar-refractivity contribution in [2.45, 2.75) is 26.4 Å². The van der Waals surface area contributed by atoms with E-state index in [0.29, 0.717) is 34.5 Å². The fourth-order valence-electron chi connectivity index (χ4n) is 2.83. The lowest BCUT2D eigenvalue weighted by Crippen LogP contribution is -2.37. The molecule has 2 aromatic rings. The van der Waals surface area contributed by atoms with Crippen molar-refractivity contribution in [3.63, 3.8) is 0 Å². The van der Waals surface area contributed by atoms with Gasteiger partial charge in [-0.1, -0.05) is 23.7 Å². The summed E-state index contributed by atoms with van der Waals surface area (Å²) in [6.07, 6.45) is 0. The second-order valence-electron chi connectivity index (χ2n) is 6.59. The number of hydrogen-bond donors (Lipinski definition) is 1. The minimum atomic E-state index is -0.134. The number of nitrogens with zero attached hydrogens (tertiary/aromatic N) is 1. The molecule has 2 rings (SSSR count). The average Bonchev–Trinajstić information content (AvgIpc) is 2.66. The molecule has 0 unspecified atom stereocenters. The van der Waals surface area contributed by atoms with Gasteiger partial charge in [0.1, 0.15) is 0 Å². The fraction of sp³-hybridized carbons (Fsp3) is 0.381. The number of rotatable bonds is 9. The van der Waals surface area contributed by atoms with Crippen molar-refractivity contribution in [2.75, 3.05) is 33.2 Å². The molecule has 0 saturated heterocycles. The van der Waals surface area contributed by atoms with Crippen LogP contribution in [-0.4, -0.2) is 44.7 Å². The quantitative estimate of drug-likeness (QED) is 0.675. The Hall–Kier alpha value is -2.44. The lowest BCUT2D eigenvalue weighted by Gasteiger charge is -2.26. The largest absolute Gasteiger partial charge is 0.493 e. The van der Waals surface area contributed by atoms with E-state index in [1.165, 1.54) is 21.3 Å². The normalized spacial score (nSPS) is 10.9. The molecule has 0 fully saturated rings. The molecule has 0 saturated carbocycles. The maximum absolute atomic E-state index is 12.6. The molecular weight excluding hydrogens is 380 g/mol. The SMILES string of the molecule is COc1cc(NC(=O)CN(Cc2cccc(Cl)c2)C(C)C)cc(OC)c1OC. The van der Waals surface area contributed by atoms with Gasteiger partial charge in [-0.3, -0.25) is 9.69 Å². The molecule has 1 amide bonds. The standard InChI is InChI=1S/C21H27ClN2O4/c1-14(2)24(12-15-7-6-8-16(22)9-15)13-20(25)23-17-10-18(26-3)21(28-5)19(11-17)27-4/h6-11,14H,12-13H2,1-5H3,(H,23,25). The predicted octanol–water partition coefficient (Wildman–Crippen LogP) is 4.21. The van der Waals surface area contributed by atoms with Crippen LogP contribution >= 0.6 is 11.6 Å². The fourth-order valence-corrected chi connectivity index (χ4v) is 3.04. The molecule has 0 aliphatic carbocycles. The van der Waals surface area contributed by atoms with E-state index in [1.807, 2.05) is 24.3 Å². The van der Waals surface area contributed by atoms with Gasteiger partial charge in [-0.15, -0.1) is 0 Å². The molecule has 0 radical (unpaired) electrons. The van der Waals surface area contributed by atoms with E-state index in [1.54, 1.807) is 12.1 Å². The zero-order valence-electron chi connectivity index (χ0n) is 16.9. The molecule has 28 heavy (non-hydrogen) atoms. The van der Waals surface area contributed by atoms with Crippen LogP contribution in [-0.2, 0) is 11.3 Å². The van der Waals surface area contributed by atoms with Crippen molar-refractivity contribution >= 4 is 23.2 Å². The van der Waals surface area contributed by atoms with E-state index in [2.05, 4.69) is 24.1 Å². The van der Waals surface area contributed by atoms with Crippen LogP contribution in [0.15, 0.2) is 36.4 Å². The van der Waals surface area contributed by atoms with E-state index >= 15 is 0 Å². The molecule has 0 atom stereocenters. The number of halogens is 1. The molecule has 1 N–H and O–H groups in total. The number of nitrogens with one attached hydrogen (secondary N) is 1. The van der Waals surface area contributed by atoms with Crippen molar-refractivity contribution in [2.24, 2.45) is 0 Å². The molecule has 0 aliphatic heterocycles. The third-order valence-electron chi connectivity index (χ3n) is 4.30. The number of anilines is 1. The first-order valence-electron chi connectivity index (χ1n) is 8.96. The summed E-state index contributed by atoms with van der Waals surface area (Å²) in [6.45, 7) is 4.97. The van der Waals surface area contributed by atoms with E-state index in [0.717, 1.165) is 5.56 Å². The Morgan fingerprint density at radius 1 is 1.07 bits per heavy atom. The maximum Gasteiger partial charge on any atom is 0.238 e. The second-order valence-corrected chi connectivity index (χ2v) is 7.03. The molecule has 7 heteroatoms. The first kappa shape index (κ1) is 21.9. The smallest absolute Gasteiger partial charge is 0.238 e. The van der Waals surface area contributed by atoms with Crippen LogP contribution in [0.5, 0.6) is 17.2 Å². The van der Waals surface area contributed by atoms with Crippen molar-refractivity contribution in [3.05, 3.63) is 47.0 Å². The van der Waals surface area contributed by atoms with Gasteiger partial charge in [0.15, 0.2) is 11.5 Å². The lowest BCUT2D eigenvalue weighted by molar-refractivity contribution is -0.117. The number of hydrogen-bond acceptors (Lipinski definition) is 5. The van der Waals surface area contributed by atoms with E-state index in [9.17, 15) is 4.79 Å². The number of carbonyl (C=O) groups excluding carboxylic acids is 1. The Balaban J connectivity index is 2.12. The Morgan fingerprint density at radius 2 is 1.71 bits per heavy atom. The van der Waals surface area contributed by atoms with Gasteiger partial charge >= 0.3 is 0 Å². The Kier molecular flexibility index (Phi) is 7.96. The predicted molar refractivity (Wildman–Crippen MR) is 112 cm³/mol. The minimum absolute atomic E-state index is 0.134. The molecule has 0 spiro atoms. The molecule has 6 nitrogen and oxygen atoms in total. The van der Waals surface area contributed by atoms with Crippen LogP contribution in [0.2, 0.25) is 5.02 Å². The van der Waals surface area contributed by atoms with Gasteiger partial charge < -0.3 is 19.5 Å². The summed E-state index contributed by atoms with van der Waals surface area (Å²) in [5.74, 6) is 1.31. The summed E-state index contributed by atoms with van der Waals surface area (Å²) >= 11 is 6.07. The van der Waals surface area contributed by atoms with Crippen LogP contribution in [0.1, 0.15) is 19.4 Å². The van der Waals surface area contributed by atoms with E-state index in [4.69, 9.17) is 25.8 Å². The molecular formula is C21H27ClN2O4. The van der Waals surface area contributed by atoms with Gasteiger partial charge in [-0.25, -0.2) is 0 Å². The molecule has 0 bridgehead atoms. The van der Waals surface area contributed by atoms with E-state index in [-0.39, 0.29) is 18.5 Å². The molecule has 0 aliphatic rings. The van der Waals surface area contributed by atoms with Gasteiger partial charge in [0, 0.05) is 35.4 Å². The van der Waals surface area contributed by atoms with Crippen molar-refractivity contribution in [3.8, 4) is 17.2 Å². The van der Waals surface area contributed by atoms with Crippen LogP contribution in [0.25, 0.3) is 0 Å². The summed E-state index contributed by atoms with van der Waals surface area (Å²) < 4.78 is 16.0. The van der Waals surface area contributed by atoms with E-state index < -0.39 is 0 Å². The maximum atomic E-state index is 12.6. The Bertz CT molecular complexity index is 786. The monoisotopic (exact) mass is 406 g/mol. The minimum Gasteiger partial charge on any atom is -0.493 e. The lowest BCUT2D eigenvalue weighted by atomic mass is 10.2. The first-order chi connectivity index (χ1) is 13.4. The highest BCUT2D eigenvalue weighted by molar-refractivity contribution is 6.30. The third-order valence-corrected chi connectivity index (χ3v) is 4.54. The van der Waals surface area contributed by atoms with Gasteiger partial charge in [-0.05, 0) is 31.5 Å². The van der Waals surface area contributed by atoms with Crippen LogP contribution < -0.4 is 19.5 Å². The average molecular weight is 407 g/mol. The van der Waals surface area contributed by atoms with Crippen LogP contribution in [0.4, 0.5) is 5.69 Å². The second kappa shape index (κ2) is 10.2. The van der Waals surface area contributed by atoms with Crippen LogP contribution in [0.3, 0.4) is 0 Å². The highest BCUT2D eigenvalue weighted by Gasteiger charge is 2.18. The Labute approximate surface area is 171 Å². The van der Waals surface area contributed by atoms with Crippen LogP contribution in [0, 0.1) is 0 Å². The zero-order chi connectivity index (χ0) is 20.7. The number of methoxy groups -OCH3 is 3. The van der Waals surface area contributed by atoms with Gasteiger partial charge in [-0.2, -0.15) is 0 Å². The highest BCUT2D eigenvalue weighted by atomic mass is 35.5. The van der Waals surface area contributed by atoms with Gasteiger partial charge in [0.25, 0.3) is 0 Å². The van der Waals surface area contributed by atoms with Crippen molar-refractivity contribution in [1.82, 2.24) is 4.90 Å². The summed E-state index contributed by atoms with van der Waals surface area (Å²) in [4.78, 5) is 14.7. The number of ether oxygens (including phenoxy) is 3. The van der Waals surface area contributed by atoms with Gasteiger partial charge in [0.2, 0.25) is 11.7 Å². The number of carbonyl (C=O) groups is 1. The Morgan fingerprint density at radius 3 is 2.21 bits per heavy atom. The highest BCUT2D eigenvalue weighted by Crippen LogP contribution is 2.39. The zero-order valence-corrected chi connectivity index (χ0v) is 17.7. The summed E-state index contributed by atoms with van der Waals surface area (Å²) in [5.41, 5.74) is 1.63. The summed E-state index contributed by atoms with van der Waals surface area (Å²) in [7, 11) is 4.61. The third kappa shape index (κ3) is 5.78. The number of benzene rings is 2. The van der Waals surface area contributed by atoms with Gasteiger partial charge in [0.05, 0.1) is 27.9 Å². The molecule has 152 valence electrons. The molecule has 2 aromatic carbocycles. The topological polar surface area (TPSA) is 60.0 Å². The molecule has 0 heterocycles. The van der Waals surface area contributed by atoms with Crippen molar-refractivity contribution < 1.29 is 19.0 Å². The summed E-state index contributed by atoms with van der Waals surface area (Å²) in [5, 5.41) is 3.59.